The van der Waals surface area contributed by atoms with Gasteiger partial charge in [0.25, 0.3) is 0 Å². The molecule has 210 valence electrons. The number of hydrogen-bond donors (Lipinski definition) is 0. The molecular formula is C32H52O5. The lowest BCUT2D eigenvalue weighted by molar-refractivity contribution is -0.146. The molecular weight excluding hydrogens is 464 g/mol. The molecule has 1 aliphatic rings. The van der Waals surface area contributed by atoms with Crippen molar-refractivity contribution in [1.29, 1.82) is 0 Å². The molecule has 0 spiro atoms. The van der Waals surface area contributed by atoms with E-state index >= 15 is 0 Å². The van der Waals surface area contributed by atoms with Crippen molar-refractivity contribution in [2.24, 2.45) is 5.92 Å². The lowest BCUT2D eigenvalue weighted by atomic mass is 9.90. The van der Waals surface area contributed by atoms with E-state index in [2.05, 4.69) is 20.8 Å². The summed E-state index contributed by atoms with van der Waals surface area (Å²) in [6.45, 7) is 12.7. The van der Waals surface area contributed by atoms with Gasteiger partial charge in [-0.3, -0.25) is 9.59 Å². The van der Waals surface area contributed by atoms with Gasteiger partial charge in [0.1, 0.15) is 11.5 Å². The van der Waals surface area contributed by atoms with Crippen molar-refractivity contribution in [3.63, 3.8) is 0 Å². The van der Waals surface area contributed by atoms with E-state index < -0.39 is 5.97 Å². The van der Waals surface area contributed by atoms with E-state index in [4.69, 9.17) is 14.2 Å². The largest absolute Gasteiger partial charge is 0.490 e. The van der Waals surface area contributed by atoms with Gasteiger partial charge in [-0.1, -0.05) is 71.6 Å². The fraction of sp³-hybridized carbons (Fsp3) is 0.750. The van der Waals surface area contributed by atoms with Crippen LogP contribution in [0.1, 0.15) is 133 Å². The van der Waals surface area contributed by atoms with Crippen molar-refractivity contribution in [2.45, 2.75) is 144 Å². The van der Waals surface area contributed by atoms with Crippen molar-refractivity contribution >= 4 is 11.9 Å². The fourth-order valence-electron chi connectivity index (χ4n) is 5.27. The number of ether oxygens (including phenoxy) is 3. The molecule has 0 N–H and O–H groups in total. The number of carbonyl (C=O) groups is 2. The first-order valence-electron chi connectivity index (χ1n) is 14.9. The zero-order valence-electron chi connectivity index (χ0n) is 24.5. The Hall–Kier alpha value is -2.04. The van der Waals surface area contributed by atoms with Crippen molar-refractivity contribution in [1.82, 2.24) is 0 Å². The van der Waals surface area contributed by atoms with Crippen LogP contribution in [-0.4, -0.2) is 24.6 Å². The van der Waals surface area contributed by atoms with Gasteiger partial charge in [0.05, 0.1) is 25.6 Å². The minimum absolute atomic E-state index is 0.0186. The molecule has 1 aromatic rings. The molecule has 0 saturated carbocycles. The van der Waals surface area contributed by atoms with Crippen molar-refractivity contribution in [3.05, 3.63) is 22.3 Å². The van der Waals surface area contributed by atoms with Crippen molar-refractivity contribution in [2.75, 3.05) is 6.61 Å². The quantitative estimate of drug-likeness (QED) is 0.118. The summed E-state index contributed by atoms with van der Waals surface area (Å²) in [7, 11) is 0. The molecule has 5 heteroatoms. The minimum atomic E-state index is -0.403. The predicted molar refractivity (Wildman–Crippen MR) is 151 cm³/mol. The molecule has 0 aromatic heterocycles. The van der Waals surface area contributed by atoms with E-state index in [0.29, 0.717) is 12.4 Å². The number of benzene rings is 1. The molecule has 0 saturated heterocycles. The number of unbranched alkanes of at least 4 members (excludes halogenated alkanes) is 8. The zero-order chi connectivity index (χ0) is 27.2. The van der Waals surface area contributed by atoms with Crippen LogP contribution in [0.3, 0.4) is 0 Å². The van der Waals surface area contributed by atoms with Crippen LogP contribution in [0.2, 0.25) is 0 Å². The lowest BCUT2D eigenvalue weighted by Gasteiger charge is -2.30. The van der Waals surface area contributed by atoms with Crippen LogP contribution in [-0.2, 0) is 20.7 Å². The third-order valence-electron chi connectivity index (χ3n) is 7.67. The third-order valence-corrected chi connectivity index (χ3v) is 7.67. The molecule has 1 atom stereocenters. The highest BCUT2D eigenvalue weighted by Crippen LogP contribution is 2.42. The monoisotopic (exact) mass is 516 g/mol. The van der Waals surface area contributed by atoms with E-state index in [0.717, 1.165) is 53.2 Å². The maximum atomic E-state index is 12.4. The standard InChI is InChI=1S/C32H52O5/c1-7-35-29(33)21-22-30(34)37-31-24(4)25(5)32-28(26(31)6)20-19-27(36-32)18-16-14-12-10-8-9-11-13-15-17-23(2)3/h23,27H,7-22H2,1-6H3. The second-order valence-corrected chi connectivity index (χ2v) is 11.2. The second-order valence-electron chi connectivity index (χ2n) is 11.2. The first-order valence-corrected chi connectivity index (χ1v) is 14.9. The second kappa shape index (κ2) is 16.7. The van der Waals surface area contributed by atoms with Gasteiger partial charge in [0.15, 0.2) is 0 Å². The molecule has 1 heterocycles. The van der Waals surface area contributed by atoms with Gasteiger partial charge in [0, 0.05) is 5.56 Å². The first kappa shape index (κ1) is 31.2. The Morgan fingerprint density at radius 2 is 1.43 bits per heavy atom. The highest BCUT2D eigenvalue weighted by atomic mass is 16.5. The normalized spacial score (nSPS) is 14.8. The van der Waals surface area contributed by atoms with Gasteiger partial charge in [-0.25, -0.2) is 0 Å². The summed E-state index contributed by atoms with van der Waals surface area (Å²) in [6.07, 6.45) is 16.9. The van der Waals surface area contributed by atoms with Gasteiger partial charge in [-0.15, -0.1) is 0 Å². The topological polar surface area (TPSA) is 61.8 Å². The van der Waals surface area contributed by atoms with Crippen LogP contribution in [0.15, 0.2) is 0 Å². The number of carbonyl (C=O) groups excluding carboxylic acids is 2. The molecule has 0 fully saturated rings. The Morgan fingerprint density at radius 1 is 0.838 bits per heavy atom. The maximum Gasteiger partial charge on any atom is 0.311 e. The Kier molecular flexibility index (Phi) is 14.1. The molecule has 0 bridgehead atoms. The lowest BCUT2D eigenvalue weighted by Crippen LogP contribution is -2.25. The first-order chi connectivity index (χ1) is 17.7. The zero-order valence-corrected chi connectivity index (χ0v) is 24.5. The van der Waals surface area contributed by atoms with E-state index in [-0.39, 0.29) is 24.9 Å². The highest BCUT2D eigenvalue weighted by Gasteiger charge is 2.27. The summed E-state index contributed by atoms with van der Waals surface area (Å²) < 4.78 is 17.1. The number of rotatable bonds is 17. The third kappa shape index (κ3) is 10.7. The average molecular weight is 517 g/mol. The minimum Gasteiger partial charge on any atom is -0.490 e. The van der Waals surface area contributed by atoms with E-state index in [1.54, 1.807) is 6.92 Å². The summed E-state index contributed by atoms with van der Waals surface area (Å²) in [5, 5.41) is 0. The number of fused-ring (bicyclic) bond motifs is 1. The van der Waals surface area contributed by atoms with Crippen LogP contribution in [0.4, 0.5) is 0 Å². The molecule has 2 rings (SSSR count). The van der Waals surface area contributed by atoms with Crippen LogP contribution < -0.4 is 9.47 Å². The van der Waals surface area contributed by atoms with E-state index in [9.17, 15) is 9.59 Å². The SMILES string of the molecule is CCOC(=O)CCC(=O)Oc1c(C)c(C)c2c(c1C)CCC(CCCCCCCCCCCC(C)C)O2. The molecule has 1 unspecified atom stereocenters. The highest BCUT2D eigenvalue weighted by molar-refractivity contribution is 5.80. The van der Waals surface area contributed by atoms with Gasteiger partial charge in [-0.05, 0) is 76.0 Å². The molecule has 0 amide bonds. The Bertz CT molecular complexity index is 857. The summed E-state index contributed by atoms with van der Waals surface area (Å²) in [5.74, 6) is 1.67. The maximum absolute atomic E-state index is 12.4. The smallest absolute Gasteiger partial charge is 0.311 e. The Morgan fingerprint density at radius 3 is 2.05 bits per heavy atom. The van der Waals surface area contributed by atoms with Crippen molar-refractivity contribution < 1.29 is 23.8 Å². The van der Waals surface area contributed by atoms with Gasteiger partial charge in [-0.2, -0.15) is 0 Å². The summed E-state index contributed by atoms with van der Waals surface area (Å²) in [5.41, 5.74) is 4.11. The predicted octanol–water partition coefficient (Wildman–Crippen LogP) is 8.50. The summed E-state index contributed by atoms with van der Waals surface area (Å²) >= 11 is 0. The van der Waals surface area contributed by atoms with Crippen molar-refractivity contribution in [3.8, 4) is 11.5 Å². The molecule has 1 aromatic carbocycles. The van der Waals surface area contributed by atoms with Crippen LogP contribution in [0, 0.1) is 26.7 Å². The molecule has 0 radical (unpaired) electrons. The van der Waals surface area contributed by atoms with E-state index in [1.807, 2.05) is 13.8 Å². The molecule has 5 nitrogen and oxygen atoms in total. The average Bonchev–Trinajstić information content (AvgIpc) is 2.87. The van der Waals surface area contributed by atoms with Crippen LogP contribution in [0.25, 0.3) is 0 Å². The summed E-state index contributed by atoms with van der Waals surface area (Å²) in [4.78, 5) is 24.0. The fourth-order valence-corrected chi connectivity index (χ4v) is 5.27. The number of esters is 2. The van der Waals surface area contributed by atoms with Crippen LogP contribution >= 0.6 is 0 Å². The van der Waals surface area contributed by atoms with Gasteiger partial charge >= 0.3 is 11.9 Å². The molecule has 1 aliphatic heterocycles. The Balaban J connectivity index is 1.75. The van der Waals surface area contributed by atoms with Gasteiger partial charge < -0.3 is 14.2 Å². The number of hydrogen-bond acceptors (Lipinski definition) is 5. The molecule has 0 aliphatic carbocycles. The van der Waals surface area contributed by atoms with Crippen LogP contribution in [0.5, 0.6) is 11.5 Å². The van der Waals surface area contributed by atoms with E-state index in [1.165, 1.54) is 64.2 Å². The summed E-state index contributed by atoms with van der Waals surface area (Å²) in [6, 6.07) is 0. The molecule has 37 heavy (non-hydrogen) atoms. The van der Waals surface area contributed by atoms with Gasteiger partial charge in [0.2, 0.25) is 0 Å². The Labute approximate surface area is 226 Å².